The van der Waals surface area contributed by atoms with Gasteiger partial charge in [-0.1, -0.05) is 19.8 Å². The molecular formula is C16H30N2O2. The highest BCUT2D eigenvalue weighted by Gasteiger charge is 2.43. The second kappa shape index (κ2) is 6.90. The number of piperidine rings is 1. The molecule has 1 amide bonds. The maximum Gasteiger partial charge on any atom is 0.231 e. The maximum absolute atomic E-state index is 13.0. The van der Waals surface area contributed by atoms with Crippen molar-refractivity contribution in [3.8, 4) is 0 Å². The van der Waals surface area contributed by atoms with Crippen molar-refractivity contribution in [2.45, 2.75) is 51.5 Å². The van der Waals surface area contributed by atoms with Crippen LogP contribution in [0.25, 0.3) is 0 Å². The van der Waals surface area contributed by atoms with Crippen molar-refractivity contribution in [2.24, 2.45) is 11.3 Å². The van der Waals surface area contributed by atoms with E-state index in [1.54, 1.807) is 7.11 Å². The molecule has 4 heteroatoms. The van der Waals surface area contributed by atoms with Crippen molar-refractivity contribution < 1.29 is 9.53 Å². The first-order valence-corrected chi connectivity index (χ1v) is 8.06. The topological polar surface area (TPSA) is 41.6 Å². The molecule has 2 rings (SSSR count). The number of nitrogens with zero attached hydrogens (tertiary/aromatic N) is 1. The van der Waals surface area contributed by atoms with Gasteiger partial charge in [0.15, 0.2) is 0 Å². The van der Waals surface area contributed by atoms with Gasteiger partial charge in [-0.2, -0.15) is 0 Å². The summed E-state index contributed by atoms with van der Waals surface area (Å²) >= 11 is 0. The van der Waals surface area contributed by atoms with Crippen molar-refractivity contribution in [1.82, 2.24) is 10.2 Å². The van der Waals surface area contributed by atoms with E-state index < -0.39 is 0 Å². The predicted molar refractivity (Wildman–Crippen MR) is 80.6 cm³/mol. The Morgan fingerprint density at radius 1 is 1.35 bits per heavy atom. The number of nitrogens with one attached hydrogen (secondary N) is 1. The molecule has 2 atom stereocenters. The molecule has 4 nitrogen and oxygen atoms in total. The summed E-state index contributed by atoms with van der Waals surface area (Å²) in [5.74, 6) is 1.05. The molecule has 2 aliphatic rings. The summed E-state index contributed by atoms with van der Waals surface area (Å²) in [7, 11) is 3.71. The van der Waals surface area contributed by atoms with Gasteiger partial charge in [-0.05, 0) is 44.7 Å². The van der Waals surface area contributed by atoms with Gasteiger partial charge in [-0.3, -0.25) is 4.79 Å². The van der Waals surface area contributed by atoms with Gasteiger partial charge in [0.1, 0.15) is 0 Å². The molecule has 1 saturated heterocycles. The molecule has 1 saturated carbocycles. The number of rotatable bonds is 4. The van der Waals surface area contributed by atoms with Crippen LogP contribution in [0.2, 0.25) is 0 Å². The summed E-state index contributed by atoms with van der Waals surface area (Å²) in [6.45, 7) is 4.70. The molecule has 1 aliphatic carbocycles. The number of carbonyl (C=O) groups excluding carboxylic acids is 1. The highest BCUT2D eigenvalue weighted by atomic mass is 16.5. The number of ether oxygens (including phenoxy) is 1. The average Bonchev–Trinajstić information content (AvgIpc) is 2.47. The minimum absolute atomic E-state index is 0.296. The SMILES string of the molecule is COCC1(C(=O)N(C)C2CCCC(C)C2)CCNCC1. The highest BCUT2D eigenvalue weighted by molar-refractivity contribution is 5.83. The van der Waals surface area contributed by atoms with Crippen molar-refractivity contribution in [3.63, 3.8) is 0 Å². The van der Waals surface area contributed by atoms with E-state index in [0.29, 0.717) is 18.6 Å². The third kappa shape index (κ3) is 3.34. The minimum atomic E-state index is -0.296. The summed E-state index contributed by atoms with van der Waals surface area (Å²) in [4.78, 5) is 15.1. The van der Waals surface area contributed by atoms with Crippen LogP contribution in [-0.2, 0) is 9.53 Å². The van der Waals surface area contributed by atoms with Crippen LogP contribution in [0.3, 0.4) is 0 Å². The Morgan fingerprint density at radius 2 is 2.05 bits per heavy atom. The zero-order chi connectivity index (χ0) is 14.6. The van der Waals surface area contributed by atoms with Crippen LogP contribution in [0.5, 0.6) is 0 Å². The molecule has 116 valence electrons. The van der Waals surface area contributed by atoms with Gasteiger partial charge in [-0.25, -0.2) is 0 Å². The molecule has 0 aromatic heterocycles. The van der Waals surface area contributed by atoms with E-state index in [4.69, 9.17) is 4.74 Å². The highest BCUT2D eigenvalue weighted by Crippen LogP contribution is 2.34. The van der Waals surface area contributed by atoms with E-state index in [-0.39, 0.29) is 5.41 Å². The number of amides is 1. The zero-order valence-corrected chi connectivity index (χ0v) is 13.3. The van der Waals surface area contributed by atoms with Crippen LogP contribution >= 0.6 is 0 Å². The Labute approximate surface area is 123 Å². The van der Waals surface area contributed by atoms with Gasteiger partial charge in [0.25, 0.3) is 0 Å². The Kier molecular flexibility index (Phi) is 5.44. The lowest BCUT2D eigenvalue weighted by atomic mass is 9.77. The normalized spacial score (nSPS) is 29.9. The first-order valence-electron chi connectivity index (χ1n) is 8.06. The standard InChI is InChI=1S/C16H30N2O2/c1-13-5-4-6-14(11-13)18(2)15(19)16(12-20-3)7-9-17-10-8-16/h13-14,17H,4-12H2,1-3H3. The second-order valence-corrected chi connectivity index (χ2v) is 6.81. The van der Waals surface area contributed by atoms with E-state index in [1.165, 1.54) is 12.8 Å². The third-order valence-corrected chi connectivity index (χ3v) is 5.21. The Morgan fingerprint density at radius 3 is 2.65 bits per heavy atom. The number of hydrogen-bond donors (Lipinski definition) is 1. The first kappa shape index (κ1) is 15.8. The lowest BCUT2D eigenvalue weighted by Gasteiger charge is -2.42. The van der Waals surface area contributed by atoms with E-state index in [1.807, 2.05) is 11.9 Å². The second-order valence-electron chi connectivity index (χ2n) is 6.81. The molecule has 2 unspecified atom stereocenters. The molecule has 0 spiro atoms. The molecule has 0 aromatic rings. The fraction of sp³-hybridized carbons (Fsp3) is 0.938. The number of methoxy groups -OCH3 is 1. The summed E-state index contributed by atoms with van der Waals surface area (Å²) < 4.78 is 5.39. The minimum Gasteiger partial charge on any atom is -0.384 e. The van der Waals surface area contributed by atoms with Crippen LogP contribution in [0.1, 0.15) is 45.4 Å². The Bertz CT molecular complexity index is 321. The number of hydrogen-bond acceptors (Lipinski definition) is 3. The van der Waals surface area contributed by atoms with Crippen LogP contribution < -0.4 is 5.32 Å². The zero-order valence-electron chi connectivity index (χ0n) is 13.3. The van der Waals surface area contributed by atoms with Crippen molar-refractivity contribution in [3.05, 3.63) is 0 Å². The molecule has 1 N–H and O–H groups in total. The Hall–Kier alpha value is -0.610. The van der Waals surface area contributed by atoms with Crippen molar-refractivity contribution >= 4 is 5.91 Å². The van der Waals surface area contributed by atoms with Gasteiger partial charge in [0, 0.05) is 20.2 Å². The smallest absolute Gasteiger partial charge is 0.231 e. The maximum atomic E-state index is 13.0. The van der Waals surface area contributed by atoms with Crippen LogP contribution in [0.15, 0.2) is 0 Å². The lowest BCUT2D eigenvalue weighted by Crippen LogP contribution is -2.53. The largest absolute Gasteiger partial charge is 0.384 e. The van der Waals surface area contributed by atoms with E-state index in [9.17, 15) is 4.79 Å². The molecule has 1 heterocycles. The van der Waals surface area contributed by atoms with Crippen LogP contribution in [0.4, 0.5) is 0 Å². The fourth-order valence-corrected chi connectivity index (χ4v) is 3.90. The molecule has 2 fully saturated rings. The third-order valence-electron chi connectivity index (χ3n) is 5.21. The monoisotopic (exact) mass is 282 g/mol. The van der Waals surface area contributed by atoms with Crippen LogP contribution in [-0.4, -0.2) is 50.7 Å². The molecule has 1 aliphatic heterocycles. The van der Waals surface area contributed by atoms with Gasteiger partial charge in [0.2, 0.25) is 5.91 Å². The van der Waals surface area contributed by atoms with Gasteiger partial charge < -0.3 is 15.0 Å². The van der Waals surface area contributed by atoms with E-state index in [2.05, 4.69) is 12.2 Å². The van der Waals surface area contributed by atoms with Gasteiger partial charge in [-0.15, -0.1) is 0 Å². The van der Waals surface area contributed by atoms with E-state index in [0.717, 1.165) is 44.7 Å². The average molecular weight is 282 g/mol. The van der Waals surface area contributed by atoms with Crippen LogP contribution in [0, 0.1) is 11.3 Å². The fourth-order valence-electron chi connectivity index (χ4n) is 3.90. The quantitative estimate of drug-likeness (QED) is 0.858. The van der Waals surface area contributed by atoms with Crippen molar-refractivity contribution in [1.29, 1.82) is 0 Å². The number of carbonyl (C=O) groups is 1. The molecule has 0 aromatic carbocycles. The van der Waals surface area contributed by atoms with Gasteiger partial charge >= 0.3 is 0 Å². The summed E-state index contributed by atoms with van der Waals surface area (Å²) in [5, 5.41) is 3.35. The van der Waals surface area contributed by atoms with E-state index >= 15 is 0 Å². The predicted octanol–water partition coefficient (Wildman–Crippen LogP) is 2.04. The van der Waals surface area contributed by atoms with Crippen molar-refractivity contribution in [2.75, 3.05) is 33.9 Å². The molecule has 0 radical (unpaired) electrons. The summed E-state index contributed by atoms with van der Waals surface area (Å²) in [6, 6.07) is 0.426. The molecule has 0 bridgehead atoms. The van der Waals surface area contributed by atoms with Gasteiger partial charge in [0.05, 0.1) is 12.0 Å². The Balaban J connectivity index is 2.06. The lowest BCUT2D eigenvalue weighted by molar-refractivity contribution is -0.149. The first-order chi connectivity index (χ1) is 9.59. The molecule has 20 heavy (non-hydrogen) atoms. The summed E-state index contributed by atoms with van der Waals surface area (Å²) in [5.41, 5.74) is -0.296. The molecular weight excluding hydrogens is 252 g/mol. The summed E-state index contributed by atoms with van der Waals surface area (Å²) in [6.07, 6.45) is 6.67.